The second-order valence-corrected chi connectivity index (χ2v) is 7.08. The van der Waals surface area contributed by atoms with Gasteiger partial charge < -0.3 is 5.21 Å². The van der Waals surface area contributed by atoms with Crippen molar-refractivity contribution in [3.8, 4) is 0 Å². The molecule has 0 aliphatic rings. The normalized spacial score (nSPS) is 13.0. The third-order valence-corrected chi connectivity index (χ3v) is 4.65. The van der Waals surface area contributed by atoms with Gasteiger partial charge in [0.1, 0.15) is 11.4 Å². The van der Waals surface area contributed by atoms with Gasteiger partial charge in [0.15, 0.2) is 0 Å². The van der Waals surface area contributed by atoms with Crippen molar-refractivity contribution < 1.29 is 13.6 Å². The number of aryl methyl sites for hydroxylation is 2. The zero-order valence-corrected chi connectivity index (χ0v) is 14.5. The average Bonchev–Trinajstić information content (AvgIpc) is 2.56. The molecular formula is C17H19N3O3S. The molecule has 0 spiro atoms. The minimum atomic E-state index is -3.80. The number of benzene rings is 2. The molecule has 0 aliphatic carbocycles. The van der Waals surface area contributed by atoms with E-state index >= 15 is 0 Å². The molecule has 6 nitrogen and oxygen atoms in total. The van der Waals surface area contributed by atoms with Crippen LogP contribution in [-0.2, 0) is 10.0 Å². The Balaban J connectivity index is 2.37. The molecule has 0 heterocycles. The fourth-order valence-corrected chi connectivity index (χ4v) is 2.80. The van der Waals surface area contributed by atoms with Gasteiger partial charge in [0.05, 0.1) is 4.90 Å². The number of hydrazone groups is 1. The fourth-order valence-electron chi connectivity index (χ4n) is 1.99. The highest BCUT2D eigenvalue weighted by Crippen LogP contribution is 2.11. The maximum absolute atomic E-state index is 12.3. The van der Waals surface area contributed by atoms with Gasteiger partial charge in [-0.05, 0) is 32.9 Å². The van der Waals surface area contributed by atoms with Crippen LogP contribution in [0.5, 0.6) is 0 Å². The van der Waals surface area contributed by atoms with Gasteiger partial charge in [-0.2, -0.15) is 18.4 Å². The second kappa shape index (κ2) is 7.27. The molecule has 0 fully saturated rings. The van der Waals surface area contributed by atoms with Gasteiger partial charge in [0.25, 0.3) is 10.0 Å². The van der Waals surface area contributed by atoms with Crippen LogP contribution in [0, 0.1) is 13.8 Å². The summed E-state index contributed by atoms with van der Waals surface area (Å²) in [5, 5.41) is 16.1. The van der Waals surface area contributed by atoms with Crippen LogP contribution in [-0.4, -0.2) is 25.0 Å². The molecule has 0 saturated heterocycles. The number of sulfonamides is 1. The third kappa shape index (κ3) is 4.20. The Morgan fingerprint density at radius 3 is 1.96 bits per heavy atom. The zero-order chi connectivity index (χ0) is 17.7. The molecule has 0 atom stereocenters. The Bertz CT molecular complexity index is 868. The van der Waals surface area contributed by atoms with Gasteiger partial charge in [-0.3, -0.25) is 0 Å². The largest absolute Gasteiger partial charge is 0.411 e. The SMILES string of the molecule is CC(=N/O)/C(=N\NS(=O)(=O)c1ccc(C)cc1)c1ccc(C)cc1. The van der Waals surface area contributed by atoms with Gasteiger partial charge >= 0.3 is 0 Å². The lowest BCUT2D eigenvalue weighted by Gasteiger charge is -2.08. The van der Waals surface area contributed by atoms with E-state index in [1.807, 2.05) is 26.0 Å². The number of hydrogen-bond donors (Lipinski definition) is 2. The van der Waals surface area contributed by atoms with Crippen molar-refractivity contribution in [3.63, 3.8) is 0 Å². The smallest absolute Gasteiger partial charge is 0.276 e. The van der Waals surface area contributed by atoms with Crippen molar-refractivity contribution in [2.24, 2.45) is 10.3 Å². The van der Waals surface area contributed by atoms with Crippen LogP contribution in [0.15, 0.2) is 63.7 Å². The first-order valence-electron chi connectivity index (χ1n) is 7.26. The van der Waals surface area contributed by atoms with Crippen LogP contribution in [0.2, 0.25) is 0 Å². The highest BCUT2D eigenvalue weighted by molar-refractivity contribution is 7.89. The molecule has 24 heavy (non-hydrogen) atoms. The molecule has 2 aromatic rings. The summed E-state index contributed by atoms with van der Waals surface area (Å²) in [4.78, 5) is 2.30. The minimum absolute atomic E-state index is 0.110. The molecule has 0 unspecified atom stereocenters. The zero-order valence-electron chi connectivity index (χ0n) is 13.7. The van der Waals surface area contributed by atoms with E-state index < -0.39 is 10.0 Å². The Labute approximate surface area is 141 Å². The van der Waals surface area contributed by atoms with Crippen LogP contribution in [0.4, 0.5) is 0 Å². The summed E-state index contributed by atoms with van der Waals surface area (Å²) in [5.41, 5.74) is 3.10. The third-order valence-electron chi connectivity index (χ3n) is 3.43. The predicted molar refractivity (Wildman–Crippen MR) is 94.1 cm³/mol. The molecule has 0 amide bonds. The van der Waals surface area contributed by atoms with Crippen molar-refractivity contribution in [2.45, 2.75) is 25.7 Å². The van der Waals surface area contributed by atoms with Crippen LogP contribution in [0.3, 0.4) is 0 Å². The van der Waals surface area contributed by atoms with Gasteiger partial charge in [0.2, 0.25) is 0 Å². The van der Waals surface area contributed by atoms with Crippen LogP contribution in [0.25, 0.3) is 0 Å². The Kier molecular flexibility index (Phi) is 5.35. The Morgan fingerprint density at radius 2 is 1.46 bits per heavy atom. The topological polar surface area (TPSA) is 91.1 Å². The lowest BCUT2D eigenvalue weighted by atomic mass is 10.1. The maximum Gasteiger partial charge on any atom is 0.276 e. The lowest BCUT2D eigenvalue weighted by Crippen LogP contribution is -2.23. The lowest BCUT2D eigenvalue weighted by molar-refractivity contribution is 0.320. The molecule has 2 N–H and O–H groups in total. The average molecular weight is 345 g/mol. The van der Waals surface area contributed by atoms with E-state index in [0.29, 0.717) is 5.56 Å². The van der Waals surface area contributed by atoms with Gasteiger partial charge in [-0.15, -0.1) is 0 Å². The molecule has 2 aromatic carbocycles. The molecule has 126 valence electrons. The molecule has 0 aromatic heterocycles. The Hall–Kier alpha value is -2.67. The molecule has 0 aliphatic heterocycles. The van der Waals surface area contributed by atoms with E-state index in [4.69, 9.17) is 5.21 Å². The fraction of sp³-hybridized carbons (Fsp3) is 0.176. The van der Waals surface area contributed by atoms with E-state index in [2.05, 4.69) is 15.1 Å². The standard InChI is InChI=1S/C17H19N3O3S/c1-12-4-8-15(9-5-12)17(14(3)19-21)18-20-24(22,23)16-10-6-13(2)7-11-16/h4-11,20-21H,1-3H3/b18-17+,19-14-. The predicted octanol–water partition coefficient (Wildman–Crippen LogP) is 2.84. The number of rotatable bonds is 5. The number of nitrogens with one attached hydrogen (secondary N) is 1. The molecule has 7 heteroatoms. The van der Waals surface area contributed by atoms with Crippen molar-refractivity contribution in [1.29, 1.82) is 0 Å². The highest BCUT2D eigenvalue weighted by atomic mass is 32.2. The van der Waals surface area contributed by atoms with Gasteiger partial charge in [0, 0.05) is 5.56 Å². The van der Waals surface area contributed by atoms with Gasteiger partial charge in [-0.25, -0.2) is 0 Å². The van der Waals surface area contributed by atoms with E-state index in [1.165, 1.54) is 12.1 Å². The molecule has 0 radical (unpaired) electrons. The van der Waals surface area contributed by atoms with Crippen LogP contribution < -0.4 is 4.83 Å². The van der Waals surface area contributed by atoms with Crippen molar-refractivity contribution in [3.05, 3.63) is 65.2 Å². The number of hydrogen-bond acceptors (Lipinski definition) is 5. The van der Waals surface area contributed by atoms with E-state index in [-0.39, 0.29) is 16.3 Å². The van der Waals surface area contributed by atoms with Crippen LogP contribution >= 0.6 is 0 Å². The Morgan fingerprint density at radius 1 is 0.958 bits per heavy atom. The number of oxime groups is 1. The monoisotopic (exact) mass is 345 g/mol. The molecular weight excluding hydrogens is 326 g/mol. The molecule has 2 rings (SSSR count). The summed E-state index contributed by atoms with van der Waals surface area (Å²) in [6, 6.07) is 13.7. The first-order valence-corrected chi connectivity index (χ1v) is 8.74. The summed E-state index contributed by atoms with van der Waals surface area (Å²) < 4.78 is 24.6. The summed E-state index contributed by atoms with van der Waals surface area (Å²) in [6.07, 6.45) is 0. The first kappa shape index (κ1) is 17.7. The van der Waals surface area contributed by atoms with Crippen molar-refractivity contribution >= 4 is 21.4 Å². The van der Waals surface area contributed by atoms with E-state index in [9.17, 15) is 8.42 Å². The summed E-state index contributed by atoms with van der Waals surface area (Å²) in [6.45, 7) is 5.35. The first-order chi connectivity index (χ1) is 11.3. The minimum Gasteiger partial charge on any atom is -0.411 e. The second-order valence-electron chi connectivity index (χ2n) is 5.42. The van der Waals surface area contributed by atoms with E-state index in [0.717, 1.165) is 11.1 Å². The molecule has 0 saturated carbocycles. The highest BCUT2D eigenvalue weighted by Gasteiger charge is 2.15. The summed E-state index contributed by atoms with van der Waals surface area (Å²) in [5.74, 6) is 0. The summed E-state index contributed by atoms with van der Waals surface area (Å²) >= 11 is 0. The van der Waals surface area contributed by atoms with Crippen LogP contribution in [0.1, 0.15) is 23.6 Å². The van der Waals surface area contributed by atoms with Gasteiger partial charge in [-0.1, -0.05) is 52.7 Å². The van der Waals surface area contributed by atoms with Crippen molar-refractivity contribution in [2.75, 3.05) is 0 Å². The van der Waals surface area contributed by atoms with Crippen molar-refractivity contribution in [1.82, 2.24) is 4.83 Å². The maximum atomic E-state index is 12.3. The number of nitrogens with zero attached hydrogens (tertiary/aromatic N) is 2. The quantitative estimate of drug-likeness (QED) is 0.496. The molecule has 0 bridgehead atoms. The van der Waals surface area contributed by atoms with E-state index in [1.54, 1.807) is 31.2 Å². The summed E-state index contributed by atoms with van der Waals surface area (Å²) in [7, 11) is -3.80.